The van der Waals surface area contributed by atoms with Gasteiger partial charge in [0.1, 0.15) is 9.88 Å². The van der Waals surface area contributed by atoms with Crippen molar-refractivity contribution < 1.29 is 9.59 Å². The Hall–Kier alpha value is -1.80. The maximum absolute atomic E-state index is 12.0. The minimum atomic E-state index is -0.620. The molecule has 112 valence electrons. The highest BCUT2D eigenvalue weighted by atomic mass is 32.1. The fraction of sp³-hybridized carbons (Fsp3) is 0.500. The molecule has 0 unspecified atom stereocenters. The number of likely N-dealkylation sites (N-methyl/N-ethyl adjacent to an activating group) is 2. The zero-order valence-corrected chi connectivity index (χ0v) is 13.0. The highest BCUT2D eigenvalue weighted by Gasteiger charge is 2.25. The van der Waals surface area contributed by atoms with Crippen molar-refractivity contribution in [3.8, 4) is 0 Å². The van der Waals surface area contributed by atoms with Gasteiger partial charge in [-0.25, -0.2) is 0 Å². The summed E-state index contributed by atoms with van der Waals surface area (Å²) in [5.74, 6) is -0.942. The van der Waals surface area contributed by atoms with Crippen LogP contribution in [0.5, 0.6) is 0 Å². The van der Waals surface area contributed by atoms with Gasteiger partial charge in [-0.15, -0.1) is 11.3 Å². The van der Waals surface area contributed by atoms with E-state index in [1.807, 2.05) is 30.9 Å². The minimum Gasteiger partial charge on any atom is -0.397 e. The Morgan fingerprint density at radius 3 is 2.30 bits per heavy atom. The number of carbonyl (C=O) groups is 2. The van der Waals surface area contributed by atoms with E-state index in [0.717, 1.165) is 17.9 Å². The van der Waals surface area contributed by atoms with Crippen molar-refractivity contribution in [1.82, 2.24) is 10.2 Å². The van der Waals surface area contributed by atoms with Gasteiger partial charge in [-0.1, -0.05) is 0 Å². The molecule has 0 aliphatic rings. The number of nitrogen functional groups attached to an aromatic ring is 1. The van der Waals surface area contributed by atoms with Gasteiger partial charge in [0.15, 0.2) is 0 Å². The van der Waals surface area contributed by atoms with Crippen LogP contribution in [0.15, 0.2) is 0 Å². The summed E-state index contributed by atoms with van der Waals surface area (Å²) in [5, 5.41) is 3.18. The van der Waals surface area contributed by atoms with E-state index in [2.05, 4.69) is 5.32 Å². The first kappa shape index (κ1) is 16.3. The molecule has 0 radical (unpaired) electrons. The number of nitrogens with one attached hydrogen (secondary N) is 1. The molecule has 0 saturated carbocycles. The molecule has 0 atom stereocenters. The molecule has 0 aliphatic heterocycles. The number of thiophene rings is 1. The van der Waals surface area contributed by atoms with E-state index >= 15 is 0 Å². The van der Waals surface area contributed by atoms with Crippen LogP contribution in [0.4, 0.5) is 10.7 Å². The highest BCUT2D eigenvalue weighted by molar-refractivity contribution is 7.19. The molecule has 0 spiro atoms. The van der Waals surface area contributed by atoms with E-state index < -0.39 is 5.91 Å². The van der Waals surface area contributed by atoms with E-state index in [-0.39, 0.29) is 16.5 Å². The molecule has 0 fully saturated rings. The molecule has 0 aromatic carbocycles. The first-order valence-corrected chi connectivity index (χ1v) is 6.91. The van der Waals surface area contributed by atoms with Gasteiger partial charge in [0.05, 0.1) is 11.3 Å². The summed E-state index contributed by atoms with van der Waals surface area (Å²) in [6.45, 7) is 1.52. The predicted molar refractivity (Wildman–Crippen MR) is 82.5 cm³/mol. The lowest BCUT2D eigenvalue weighted by atomic mass is 10.2. The second-order valence-corrected chi connectivity index (χ2v) is 5.69. The minimum absolute atomic E-state index is 0.147. The predicted octanol–water partition coefficient (Wildman–Crippen LogP) is -0.213. The third-order valence-corrected chi connectivity index (χ3v) is 4.17. The zero-order valence-electron chi connectivity index (χ0n) is 12.2. The number of nitrogens with two attached hydrogens (primary N) is 2. The molecule has 0 bridgehead atoms. The number of primary amides is 1. The lowest BCUT2D eigenvalue weighted by Gasteiger charge is -2.21. The average molecular weight is 299 g/mol. The number of rotatable bonds is 6. The largest absolute Gasteiger partial charge is 0.397 e. The van der Waals surface area contributed by atoms with Crippen molar-refractivity contribution in [3.05, 3.63) is 10.4 Å². The van der Waals surface area contributed by atoms with E-state index in [4.69, 9.17) is 11.5 Å². The average Bonchev–Trinajstić information content (AvgIpc) is 2.72. The first-order chi connectivity index (χ1) is 9.29. The maximum Gasteiger partial charge on any atom is 0.260 e. The molecular formula is C12H21N5O2S. The maximum atomic E-state index is 12.0. The Morgan fingerprint density at radius 2 is 1.85 bits per heavy atom. The van der Waals surface area contributed by atoms with Gasteiger partial charge in [-0.2, -0.15) is 0 Å². The van der Waals surface area contributed by atoms with Gasteiger partial charge in [0.25, 0.3) is 11.8 Å². The van der Waals surface area contributed by atoms with Crippen LogP contribution < -0.4 is 21.7 Å². The molecule has 8 heteroatoms. The molecule has 0 saturated heterocycles. The summed E-state index contributed by atoms with van der Waals surface area (Å²) in [5.41, 5.74) is 11.6. The summed E-state index contributed by atoms with van der Waals surface area (Å²) >= 11 is 1.14. The zero-order chi connectivity index (χ0) is 15.4. The van der Waals surface area contributed by atoms with Crippen molar-refractivity contribution in [3.63, 3.8) is 0 Å². The summed E-state index contributed by atoms with van der Waals surface area (Å²) in [7, 11) is 7.30. The smallest absolute Gasteiger partial charge is 0.260 e. The van der Waals surface area contributed by atoms with Crippen molar-refractivity contribution in [1.29, 1.82) is 0 Å². The van der Waals surface area contributed by atoms with Crippen molar-refractivity contribution in [2.75, 3.05) is 51.9 Å². The molecule has 2 amide bonds. The first-order valence-electron chi connectivity index (χ1n) is 6.09. The summed E-state index contributed by atoms with van der Waals surface area (Å²) in [6.07, 6.45) is 0. The highest BCUT2D eigenvalue weighted by Crippen LogP contribution is 2.37. The fourth-order valence-electron chi connectivity index (χ4n) is 1.68. The fourth-order valence-corrected chi connectivity index (χ4v) is 2.74. The van der Waals surface area contributed by atoms with E-state index in [0.29, 0.717) is 17.1 Å². The van der Waals surface area contributed by atoms with Crippen LogP contribution in [-0.4, -0.2) is 58.0 Å². The Bertz CT molecular complexity index is 512. The number of amides is 2. The molecule has 20 heavy (non-hydrogen) atoms. The Kier molecular flexibility index (Phi) is 5.34. The molecule has 7 nitrogen and oxygen atoms in total. The molecule has 1 heterocycles. The molecular weight excluding hydrogens is 278 g/mol. The second kappa shape index (κ2) is 6.58. The number of hydrogen-bond donors (Lipinski definition) is 3. The summed E-state index contributed by atoms with van der Waals surface area (Å²) in [6, 6.07) is 0. The van der Waals surface area contributed by atoms with Gasteiger partial charge in [-0.3, -0.25) is 9.59 Å². The second-order valence-electron chi connectivity index (χ2n) is 4.69. The van der Waals surface area contributed by atoms with Crippen LogP contribution >= 0.6 is 11.3 Å². The summed E-state index contributed by atoms with van der Waals surface area (Å²) < 4.78 is 0. The number of carbonyl (C=O) groups excluding carboxylic acids is 2. The van der Waals surface area contributed by atoms with E-state index in [1.54, 1.807) is 0 Å². The SMILES string of the molecule is CNC(=O)c1c(N(C)CCN(C)C)sc(C(N)=O)c1N. The monoisotopic (exact) mass is 299 g/mol. The topological polar surface area (TPSA) is 105 Å². The quantitative estimate of drug-likeness (QED) is 0.674. The molecule has 1 aromatic heterocycles. The molecule has 5 N–H and O–H groups in total. The van der Waals surface area contributed by atoms with Gasteiger partial charge in [0.2, 0.25) is 0 Å². The van der Waals surface area contributed by atoms with Crippen LogP contribution in [0.25, 0.3) is 0 Å². The normalized spacial score (nSPS) is 10.7. The number of nitrogens with zero attached hydrogens (tertiary/aromatic N) is 2. The third-order valence-electron chi connectivity index (χ3n) is 2.83. The van der Waals surface area contributed by atoms with Crippen LogP contribution in [0.1, 0.15) is 20.0 Å². The Balaban J connectivity index is 3.19. The molecule has 1 aromatic rings. The van der Waals surface area contributed by atoms with Crippen LogP contribution in [0.2, 0.25) is 0 Å². The van der Waals surface area contributed by atoms with Gasteiger partial charge in [-0.05, 0) is 14.1 Å². The number of hydrogen-bond acceptors (Lipinski definition) is 6. The summed E-state index contributed by atoms with van der Waals surface area (Å²) in [4.78, 5) is 27.5. The van der Waals surface area contributed by atoms with Gasteiger partial charge in [0, 0.05) is 27.2 Å². The van der Waals surface area contributed by atoms with E-state index in [9.17, 15) is 9.59 Å². The Labute approximate surface area is 122 Å². The van der Waals surface area contributed by atoms with Gasteiger partial charge < -0.3 is 26.6 Å². The van der Waals surface area contributed by atoms with Crippen LogP contribution in [0, 0.1) is 0 Å². The molecule has 0 aliphatic carbocycles. The Morgan fingerprint density at radius 1 is 1.25 bits per heavy atom. The van der Waals surface area contributed by atoms with Crippen LogP contribution in [0.3, 0.4) is 0 Å². The standard InChI is InChI=1S/C12H21N5O2S/c1-15-11(19)7-8(13)9(10(14)18)20-12(7)17(4)6-5-16(2)3/h5-6,13H2,1-4H3,(H2,14,18)(H,15,19). The van der Waals surface area contributed by atoms with Crippen molar-refractivity contribution >= 4 is 33.8 Å². The van der Waals surface area contributed by atoms with Gasteiger partial charge >= 0.3 is 0 Å². The van der Waals surface area contributed by atoms with Crippen molar-refractivity contribution in [2.45, 2.75) is 0 Å². The molecule has 1 rings (SSSR count). The lowest BCUT2D eigenvalue weighted by molar-refractivity contribution is 0.0964. The lowest BCUT2D eigenvalue weighted by Crippen LogP contribution is -2.30. The van der Waals surface area contributed by atoms with Crippen molar-refractivity contribution in [2.24, 2.45) is 5.73 Å². The van der Waals surface area contributed by atoms with E-state index in [1.165, 1.54) is 7.05 Å². The third kappa shape index (κ3) is 3.40. The van der Waals surface area contributed by atoms with Crippen LogP contribution in [-0.2, 0) is 0 Å². The number of anilines is 2.